The first-order valence-corrected chi connectivity index (χ1v) is 13.7. The second-order valence-electron chi connectivity index (χ2n) is 9.92. The number of aryl methyl sites for hydroxylation is 3. The van der Waals surface area contributed by atoms with E-state index in [-0.39, 0.29) is 5.82 Å². The topological polar surface area (TPSA) is 0 Å². The monoisotopic (exact) mass is 478 g/mol. The zero-order valence-electron chi connectivity index (χ0n) is 22.1. The molecule has 0 nitrogen and oxygen atoms in total. The van der Waals surface area contributed by atoms with Gasteiger partial charge in [-0.1, -0.05) is 119 Å². The zero-order chi connectivity index (χ0) is 25.3. The van der Waals surface area contributed by atoms with Crippen LogP contribution in [0.3, 0.4) is 0 Å². The van der Waals surface area contributed by atoms with E-state index < -0.39 is 0 Å². The van der Waals surface area contributed by atoms with Crippen LogP contribution in [0.1, 0.15) is 69.6 Å². The van der Waals surface area contributed by atoms with Gasteiger partial charge in [0.05, 0.1) is 0 Å². The number of hydrogen-bond donors (Lipinski definition) is 0. The highest BCUT2D eigenvalue weighted by Gasteiger charge is 2.13. The average molecular weight is 479 g/mol. The third-order valence-corrected chi connectivity index (χ3v) is 7.10. The molecule has 0 aliphatic carbocycles. The highest BCUT2D eigenvalue weighted by molar-refractivity contribution is 5.76. The lowest BCUT2D eigenvalue weighted by atomic mass is 9.91. The van der Waals surface area contributed by atoms with Gasteiger partial charge in [0.25, 0.3) is 0 Å². The van der Waals surface area contributed by atoms with Gasteiger partial charge in [-0.25, -0.2) is 4.39 Å². The lowest BCUT2D eigenvalue weighted by molar-refractivity contribution is 0.631. The number of rotatable bonds is 11. The standard InChI is InChI=1S/C35H39F/c1-4-7-10-26-12-16-28(17-13-26)30-20-22-33(32(24-30)9-6-3)34-23-21-31(25-35(34)36)29-18-14-27(15-19-29)11-8-5-2/h12-25H,4-11H2,1-3H3. The molecule has 0 unspecified atom stereocenters. The Kier molecular flexibility index (Phi) is 9.11. The van der Waals surface area contributed by atoms with Gasteiger partial charge in [-0.05, 0) is 82.7 Å². The molecule has 0 aromatic heterocycles. The van der Waals surface area contributed by atoms with Gasteiger partial charge in [0.15, 0.2) is 0 Å². The first-order valence-electron chi connectivity index (χ1n) is 13.7. The van der Waals surface area contributed by atoms with Gasteiger partial charge in [-0.15, -0.1) is 0 Å². The molecule has 0 aliphatic heterocycles. The smallest absolute Gasteiger partial charge is 0.131 e. The molecule has 186 valence electrons. The molecule has 0 atom stereocenters. The molecule has 0 spiro atoms. The van der Waals surface area contributed by atoms with Crippen LogP contribution in [-0.4, -0.2) is 0 Å². The van der Waals surface area contributed by atoms with Gasteiger partial charge in [0.2, 0.25) is 0 Å². The van der Waals surface area contributed by atoms with Crippen molar-refractivity contribution >= 4 is 0 Å². The molecule has 0 N–H and O–H groups in total. The molecule has 0 saturated heterocycles. The van der Waals surface area contributed by atoms with Crippen LogP contribution >= 0.6 is 0 Å². The minimum absolute atomic E-state index is 0.159. The molecule has 0 radical (unpaired) electrons. The fourth-order valence-corrected chi connectivity index (χ4v) is 4.91. The number of halogens is 1. The van der Waals surface area contributed by atoms with E-state index in [2.05, 4.69) is 93.6 Å². The maximum atomic E-state index is 15.5. The molecule has 36 heavy (non-hydrogen) atoms. The Morgan fingerprint density at radius 2 is 0.944 bits per heavy atom. The van der Waals surface area contributed by atoms with Gasteiger partial charge in [-0.3, -0.25) is 0 Å². The summed E-state index contributed by atoms with van der Waals surface area (Å²) in [6, 6.07) is 29.7. The van der Waals surface area contributed by atoms with Crippen molar-refractivity contribution in [3.8, 4) is 33.4 Å². The SMILES string of the molecule is CCCCc1ccc(-c2ccc(-c3ccc(-c4ccc(CCCC)cc4)cc3CCC)c(F)c2)cc1. The molecule has 0 bridgehead atoms. The van der Waals surface area contributed by atoms with E-state index in [0.29, 0.717) is 5.56 Å². The predicted octanol–water partition coefficient (Wildman–Crippen LogP) is 10.5. The first kappa shape index (κ1) is 25.9. The van der Waals surface area contributed by atoms with E-state index in [1.165, 1.54) is 53.5 Å². The summed E-state index contributed by atoms with van der Waals surface area (Å²) < 4.78 is 15.5. The van der Waals surface area contributed by atoms with Crippen LogP contribution in [-0.2, 0) is 19.3 Å². The minimum Gasteiger partial charge on any atom is -0.206 e. The Bertz CT molecular complexity index is 1250. The van der Waals surface area contributed by atoms with Crippen molar-refractivity contribution in [2.75, 3.05) is 0 Å². The minimum atomic E-state index is -0.159. The van der Waals surface area contributed by atoms with Crippen LogP contribution in [0.25, 0.3) is 33.4 Å². The summed E-state index contributed by atoms with van der Waals surface area (Å²) in [5, 5.41) is 0. The highest BCUT2D eigenvalue weighted by Crippen LogP contribution is 2.34. The summed E-state index contributed by atoms with van der Waals surface area (Å²) in [6.07, 6.45) is 9.02. The van der Waals surface area contributed by atoms with Crippen molar-refractivity contribution in [1.82, 2.24) is 0 Å². The van der Waals surface area contributed by atoms with Crippen LogP contribution < -0.4 is 0 Å². The largest absolute Gasteiger partial charge is 0.206 e. The molecule has 1 heteroatoms. The van der Waals surface area contributed by atoms with Crippen LogP contribution in [0.4, 0.5) is 4.39 Å². The van der Waals surface area contributed by atoms with Crippen molar-refractivity contribution in [1.29, 1.82) is 0 Å². The summed E-state index contributed by atoms with van der Waals surface area (Å²) in [5.41, 5.74) is 10.0. The number of benzene rings is 4. The van der Waals surface area contributed by atoms with Gasteiger partial charge >= 0.3 is 0 Å². The Balaban J connectivity index is 1.60. The van der Waals surface area contributed by atoms with Crippen molar-refractivity contribution in [2.45, 2.75) is 72.1 Å². The first-order chi connectivity index (χ1) is 17.6. The molecule has 4 aromatic rings. The Morgan fingerprint density at radius 1 is 0.472 bits per heavy atom. The van der Waals surface area contributed by atoms with E-state index in [1.807, 2.05) is 6.07 Å². The van der Waals surface area contributed by atoms with E-state index in [4.69, 9.17) is 0 Å². The fraction of sp³-hybridized carbons (Fsp3) is 0.314. The molecule has 0 fully saturated rings. The Morgan fingerprint density at radius 3 is 1.42 bits per heavy atom. The third kappa shape index (κ3) is 6.32. The van der Waals surface area contributed by atoms with Gasteiger partial charge in [-0.2, -0.15) is 0 Å². The number of unbranched alkanes of at least 4 members (excludes halogenated alkanes) is 2. The van der Waals surface area contributed by atoms with E-state index >= 15 is 4.39 Å². The lowest BCUT2D eigenvalue weighted by Crippen LogP contribution is -1.94. The summed E-state index contributed by atoms with van der Waals surface area (Å²) in [5.74, 6) is -0.159. The molecule has 0 aliphatic rings. The molecule has 0 amide bonds. The highest BCUT2D eigenvalue weighted by atomic mass is 19.1. The maximum absolute atomic E-state index is 15.5. The Labute approximate surface area is 217 Å². The molecule has 0 saturated carbocycles. The summed E-state index contributed by atoms with van der Waals surface area (Å²) in [4.78, 5) is 0. The molecule has 4 rings (SSSR count). The number of hydrogen-bond acceptors (Lipinski definition) is 0. The second-order valence-corrected chi connectivity index (χ2v) is 9.92. The van der Waals surface area contributed by atoms with E-state index in [9.17, 15) is 0 Å². The van der Waals surface area contributed by atoms with Crippen LogP contribution in [0.5, 0.6) is 0 Å². The Hall–Kier alpha value is -3.19. The van der Waals surface area contributed by atoms with Gasteiger partial charge < -0.3 is 0 Å². The zero-order valence-corrected chi connectivity index (χ0v) is 22.1. The molecular formula is C35H39F. The van der Waals surface area contributed by atoms with Crippen molar-refractivity contribution in [2.24, 2.45) is 0 Å². The van der Waals surface area contributed by atoms with Crippen molar-refractivity contribution < 1.29 is 4.39 Å². The predicted molar refractivity (Wildman–Crippen MR) is 154 cm³/mol. The van der Waals surface area contributed by atoms with Crippen LogP contribution in [0.15, 0.2) is 84.9 Å². The maximum Gasteiger partial charge on any atom is 0.131 e. The van der Waals surface area contributed by atoms with Crippen LogP contribution in [0, 0.1) is 5.82 Å². The molecule has 0 heterocycles. The summed E-state index contributed by atoms with van der Waals surface area (Å²) >= 11 is 0. The van der Waals surface area contributed by atoms with Crippen LogP contribution in [0.2, 0.25) is 0 Å². The van der Waals surface area contributed by atoms with Gasteiger partial charge in [0.1, 0.15) is 5.82 Å². The van der Waals surface area contributed by atoms with E-state index in [1.54, 1.807) is 6.07 Å². The summed E-state index contributed by atoms with van der Waals surface area (Å²) in [6.45, 7) is 6.62. The van der Waals surface area contributed by atoms with Crippen molar-refractivity contribution in [3.05, 3.63) is 107 Å². The quantitative estimate of drug-likeness (QED) is 0.201. The van der Waals surface area contributed by atoms with Crippen molar-refractivity contribution in [3.63, 3.8) is 0 Å². The third-order valence-electron chi connectivity index (χ3n) is 7.10. The van der Waals surface area contributed by atoms with Gasteiger partial charge in [0, 0.05) is 5.56 Å². The fourth-order valence-electron chi connectivity index (χ4n) is 4.91. The lowest BCUT2D eigenvalue weighted by Gasteiger charge is -2.14. The summed E-state index contributed by atoms with van der Waals surface area (Å²) in [7, 11) is 0. The molecular weight excluding hydrogens is 439 g/mol. The average Bonchev–Trinajstić information content (AvgIpc) is 2.92. The normalized spacial score (nSPS) is 11.1. The van der Waals surface area contributed by atoms with E-state index in [0.717, 1.165) is 42.4 Å². The molecule has 4 aromatic carbocycles. The second kappa shape index (κ2) is 12.7.